The summed E-state index contributed by atoms with van der Waals surface area (Å²) in [6.45, 7) is 26.5. The average molecular weight is 890 g/mol. The van der Waals surface area contributed by atoms with Crippen molar-refractivity contribution in [1.82, 2.24) is 34.2 Å². The molecule has 302 valence electrons. The third kappa shape index (κ3) is 9.32. The summed E-state index contributed by atoms with van der Waals surface area (Å²) in [4.78, 5) is 15.6. The molecule has 1 aliphatic heterocycles. The van der Waals surface area contributed by atoms with Gasteiger partial charge in [-0.2, -0.15) is 10.2 Å². The Morgan fingerprint density at radius 3 is 2.55 bits per heavy atom. The highest BCUT2D eigenvalue weighted by Crippen LogP contribution is 2.39. The molecule has 0 radical (unpaired) electrons. The van der Waals surface area contributed by atoms with Crippen molar-refractivity contribution >= 4 is 53.9 Å². The minimum absolute atomic E-state index is 0.0296. The predicted molar refractivity (Wildman–Crippen MR) is 227 cm³/mol. The molecule has 1 saturated heterocycles. The normalized spacial score (nSPS) is 16.4. The van der Waals surface area contributed by atoms with Crippen molar-refractivity contribution in [1.29, 1.82) is 0 Å². The number of hydrogen-bond donors (Lipinski definition) is 0. The molecule has 1 aliphatic rings. The monoisotopic (exact) mass is 889 g/mol. The summed E-state index contributed by atoms with van der Waals surface area (Å²) < 4.78 is 37.4. The summed E-state index contributed by atoms with van der Waals surface area (Å²) in [5.41, 5.74) is 4.27. The standard InChI is InChI=1S/C40H60IN7O6Si/c1-13-30-29-24-28(19-20-31(29)48(42-30)32-18-16-17-22-52-32)33-35(39(49)51-15-3)43-46(10)38(33)54-26(4)25-45(9)27(5)36-34(41)37(50-14-2)44-47(36)21-23-53-55(11,12)40(6,7)8/h13,19-20,24,26-27,32H,1,14-18,21-23,25H2,2-12H3/t26-,27?,32?/m0/s1. The number of rotatable bonds is 17. The zero-order valence-corrected chi connectivity index (χ0v) is 37.7. The van der Waals surface area contributed by atoms with Gasteiger partial charge >= 0.3 is 5.97 Å². The minimum atomic E-state index is -1.93. The van der Waals surface area contributed by atoms with E-state index in [4.69, 9.17) is 33.6 Å². The molecule has 1 fully saturated rings. The maximum atomic E-state index is 13.4. The summed E-state index contributed by atoms with van der Waals surface area (Å²) in [7, 11) is 1.94. The number of likely N-dealkylation sites (N-methyl/N-ethyl adjacent to an activating group) is 1. The molecule has 3 aromatic heterocycles. The van der Waals surface area contributed by atoms with Crippen LogP contribution in [0.25, 0.3) is 28.1 Å². The lowest BCUT2D eigenvalue weighted by Gasteiger charge is -2.36. The van der Waals surface area contributed by atoms with Crippen LogP contribution in [0.2, 0.25) is 18.1 Å². The quantitative estimate of drug-likeness (QED) is 0.0579. The molecule has 0 bridgehead atoms. The van der Waals surface area contributed by atoms with Crippen LogP contribution < -0.4 is 9.47 Å². The Balaban J connectivity index is 1.42. The highest BCUT2D eigenvalue weighted by molar-refractivity contribution is 14.1. The Labute approximate surface area is 340 Å². The number of aromatic nitrogens is 6. The van der Waals surface area contributed by atoms with E-state index in [9.17, 15) is 4.79 Å². The van der Waals surface area contributed by atoms with E-state index >= 15 is 0 Å². The molecule has 4 heterocycles. The summed E-state index contributed by atoms with van der Waals surface area (Å²) >= 11 is 2.35. The predicted octanol–water partition coefficient (Wildman–Crippen LogP) is 8.64. The lowest BCUT2D eigenvalue weighted by atomic mass is 10.0. The number of hydrogen-bond acceptors (Lipinski definition) is 10. The molecule has 0 N–H and O–H groups in total. The highest BCUT2D eigenvalue weighted by atomic mass is 127. The molecule has 5 rings (SSSR count). The fourth-order valence-electron chi connectivity index (χ4n) is 6.69. The Hall–Kier alpha value is -3.25. The second-order valence-electron chi connectivity index (χ2n) is 15.8. The van der Waals surface area contributed by atoms with E-state index in [2.05, 4.69) is 87.0 Å². The second kappa shape index (κ2) is 17.9. The number of esters is 1. The topological polar surface area (TPSA) is 120 Å². The zero-order chi connectivity index (χ0) is 40.2. The Bertz CT molecular complexity index is 1960. The second-order valence-corrected chi connectivity index (χ2v) is 21.7. The third-order valence-electron chi connectivity index (χ3n) is 10.8. The maximum absolute atomic E-state index is 13.4. The molecule has 1 aromatic carbocycles. The zero-order valence-electron chi connectivity index (χ0n) is 34.6. The van der Waals surface area contributed by atoms with Crippen LogP contribution in [0, 0.1) is 3.57 Å². The average Bonchev–Trinajstić information content (AvgIpc) is 3.77. The van der Waals surface area contributed by atoms with Crippen LogP contribution in [0.4, 0.5) is 0 Å². The number of fused-ring (bicyclic) bond motifs is 1. The number of benzene rings is 1. The van der Waals surface area contributed by atoms with Crippen molar-refractivity contribution in [2.75, 3.05) is 40.0 Å². The van der Waals surface area contributed by atoms with Gasteiger partial charge in [0.2, 0.25) is 11.8 Å². The molecule has 2 unspecified atom stereocenters. The first-order chi connectivity index (χ1) is 26.0. The molecule has 0 amide bonds. The number of carbonyl (C=O) groups is 1. The van der Waals surface area contributed by atoms with Crippen LogP contribution in [0.1, 0.15) is 102 Å². The van der Waals surface area contributed by atoms with Crippen LogP contribution >= 0.6 is 22.6 Å². The van der Waals surface area contributed by atoms with Gasteiger partial charge in [-0.3, -0.25) is 9.58 Å². The van der Waals surface area contributed by atoms with Gasteiger partial charge in [0.1, 0.15) is 6.10 Å². The molecule has 55 heavy (non-hydrogen) atoms. The smallest absolute Gasteiger partial charge is 0.359 e. The first kappa shape index (κ1) is 42.9. The van der Waals surface area contributed by atoms with Crippen LogP contribution in [0.5, 0.6) is 11.8 Å². The molecule has 13 nitrogen and oxygen atoms in total. The summed E-state index contributed by atoms with van der Waals surface area (Å²) in [5.74, 6) is 0.594. The maximum Gasteiger partial charge on any atom is 0.359 e. The van der Waals surface area contributed by atoms with Gasteiger partial charge in [0.25, 0.3) is 0 Å². The molecule has 0 aliphatic carbocycles. The van der Waals surface area contributed by atoms with E-state index in [-0.39, 0.29) is 35.7 Å². The van der Waals surface area contributed by atoms with Crippen molar-refractivity contribution in [3.8, 4) is 22.9 Å². The summed E-state index contributed by atoms with van der Waals surface area (Å²) in [6.07, 6.45) is 4.36. The summed E-state index contributed by atoms with van der Waals surface area (Å²) in [5, 5.41) is 15.4. The van der Waals surface area contributed by atoms with E-state index < -0.39 is 14.3 Å². The Morgan fingerprint density at radius 2 is 1.91 bits per heavy atom. The highest BCUT2D eigenvalue weighted by Gasteiger charge is 2.37. The van der Waals surface area contributed by atoms with Crippen LogP contribution in [0.15, 0.2) is 24.8 Å². The van der Waals surface area contributed by atoms with Crippen molar-refractivity contribution < 1.29 is 28.2 Å². The van der Waals surface area contributed by atoms with Gasteiger partial charge < -0.3 is 23.4 Å². The third-order valence-corrected chi connectivity index (χ3v) is 16.3. The van der Waals surface area contributed by atoms with E-state index in [1.807, 2.05) is 41.4 Å². The van der Waals surface area contributed by atoms with Crippen LogP contribution in [-0.4, -0.2) is 94.7 Å². The molecule has 3 atom stereocenters. The van der Waals surface area contributed by atoms with Crippen LogP contribution in [-0.2, 0) is 27.5 Å². The fourth-order valence-corrected chi connectivity index (χ4v) is 8.71. The number of halogens is 1. The lowest BCUT2D eigenvalue weighted by Crippen LogP contribution is -2.41. The molecular formula is C40H60IN7O6Si. The number of carbonyl (C=O) groups excluding carboxylic acids is 1. The number of nitrogens with zero attached hydrogens (tertiary/aromatic N) is 7. The molecule has 15 heteroatoms. The van der Waals surface area contributed by atoms with Gasteiger partial charge in [0.15, 0.2) is 20.2 Å². The minimum Gasteiger partial charge on any atom is -0.476 e. The number of aryl methyl sites for hydroxylation is 1. The molecule has 0 spiro atoms. The van der Waals surface area contributed by atoms with Crippen molar-refractivity contribution in [2.45, 2.75) is 111 Å². The van der Waals surface area contributed by atoms with E-state index in [0.717, 1.165) is 50.7 Å². The Kier molecular flexibility index (Phi) is 14.0. The van der Waals surface area contributed by atoms with Gasteiger partial charge in [0.05, 0.1) is 52.4 Å². The fraction of sp³-hybridized carbons (Fsp3) is 0.600. The number of ether oxygens (including phenoxy) is 4. The van der Waals surface area contributed by atoms with Gasteiger partial charge in [-0.25, -0.2) is 14.2 Å². The molecule has 4 aromatic rings. The Morgan fingerprint density at radius 1 is 1.16 bits per heavy atom. The summed E-state index contributed by atoms with van der Waals surface area (Å²) in [6, 6.07) is 6.00. The van der Waals surface area contributed by atoms with E-state index in [0.29, 0.717) is 50.2 Å². The van der Waals surface area contributed by atoms with E-state index in [1.165, 1.54) is 0 Å². The van der Waals surface area contributed by atoms with Gasteiger partial charge in [-0.1, -0.05) is 33.4 Å². The van der Waals surface area contributed by atoms with Gasteiger partial charge in [-0.15, -0.1) is 5.10 Å². The lowest BCUT2D eigenvalue weighted by molar-refractivity contribution is -0.0367. The van der Waals surface area contributed by atoms with Crippen molar-refractivity contribution in [3.05, 3.63) is 45.4 Å². The van der Waals surface area contributed by atoms with Gasteiger partial charge in [0, 0.05) is 31.6 Å². The first-order valence-electron chi connectivity index (χ1n) is 19.4. The van der Waals surface area contributed by atoms with Gasteiger partial charge in [-0.05, 0) is 119 Å². The largest absolute Gasteiger partial charge is 0.476 e. The SMILES string of the molecule is C=Cc1nn(C2CCCCO2)c2ccc(-c3c(C(=O)OCC)nn(C)c3O[C@@H](C)CN(C)C(C)c3c(I)c(OCC)nn3CCO[Si](C)(C)C(C)(C)C)cc12. The van der Waals surface area contributed by atoms with Crippen molar-refractivity contribution in [3.63, 3.8) is 0 Å². The van der Waals surface area contributed by atoms with Crippen LogP contribution in [0.3, 0.4) is 0 Å². The molecular weight excluding hydrogens is 829 g/mol. The van der Waals surface area contributed by atoms with Crippen molar-refractivity contribution in [2.24, 2.45) is 7.05 Å². The van der Waals surface area contributed by atoms with E-state index in [1.54, 1.807) is 24.7 Å². The molecule has 0 saturated carbocycles. The first-order valence-corrected chi connectivity index (χ1v) is 23.4.